The highest BCUT2D eigenvalue weighted by atomic mass is 19.4. The molecule has 0 saturated carbocycles. The van der Waals surface area contributed by atoms with Gasteiger partial charge in [0.25, 0.3) is 0 Å². The van der Waals surface area contributed by atoms with Gasteiger partial charge in [-0.2, -0.15) is 18.3 Å². The SMILES string of the molecule is Cc1ccc(-c2cn3c(NC[C@H](O)C(F)(F)F)nnc3c(-c3cnn(C)c3)n2)cc1. The second-order valence-electron chi connectivity index (χ2n) is 6.90. The zero-order valence-corrected chi connectivity index (χ0v) is 16.1. The molecule has 30 heavy (non-hydrogen) atoms. The number of fused-ring (bicyclic) bond motifs is 1. The van der Waals surface area contributed by atoms with Crippen LogP contribution in [-0.2, 0) is 7.05 Å². The van der Waals surface area contributed by atoms with E-state index in [1.54, 1.807) is 30.3 Å². The summed E-state index contributed by atoms with van der Waals surface area (Å²) in [6, 6.07) is 7.69. The Hall–Kier alpha value is -3.47. The number of aliphatic hydroxyl groups excluding tert-OH is 1. The Morgan fingerprint density at radius 1 is 1.10 bits per heavy atom. The van der Waals surface area contributed by atoms with Gasteiger partial charge in [-0.3, -0.25) is 9.08 Å². The van der Waals surface area contributed by atoms with Gasteiger partial charge in [0.15, 0.2) is 11.8 Å². The Labute approximate surface area is 169 Å². The van der Waals surface area contributed by atoms with Gasteiger partial charge in [0.05, 0.1) is 18.4 Å². The van der Waals surface area contributed by atoms with Gasteiger partial charge in [0.2, 0.25) is 5.95 Å². The minimum atomic E-state index is -4.73. The summed E-state index contributed by atoms with van der Waals surface area (Å²) in [6.45, 7) is 1.21. The smallest absolute Gasteiger partial charge is 0.382 e. The Balaban J connectivity index is 1.81. The van der Waals surface area contributed by atoms with Crippen LogP contribution in [0.5, 0.6) is 0 Å². The van der Waals surface area contributed by atoms with Gasteiger partial charge in [-0.15, -0.1) is 10.2 Å². The van der Waals surface area contributed by atoms with Crippen molar-refractivity contribution >= 4 is 11.6 Å². The van der Waals surface area contributed by atoms with Gasteiger partial charge in [-0.05, 0) is 6.92 Å². The molecule has 2 N–H and O–H groups in total. The van der Waals surface area contributed by atoms with Gasteiger partial charge >= 0.3 is 6.18 Å². The van der Waals surface area contributed by atoms with Crippen LogP contribution in [0.15, 0.2) is 42.9 Å². The second kappa shape index (κ2) is 7.41. The van der Waals surface area contributed by atoms with E-state index in [2.05, 4.69) is 20.6 Å². The molecule has 0 spiro atoms. The summed E-state index contributed by atoms with van der Waals surface area (Å²) in [4.78, 5) is 4.70. The molecule has 1 atom stereocenters. The normalized spacial score (nSPS) is 13.0. The Bertz CT molecular complexity index is 1180. The van der Waals surface area contributed by atoms with E-state index in [4.69, 9.17) is 4.98 Å². The molecule has 0 aliphatic carbocycles. The maximum atomic E-state index is 12.6. The lowest BCUT2D eigenvalue weighted by atomic mass is 10.1. The molecule has 0 amide bonds. The maximum Gasteiger partial charge on any atom is 0.416 e. The summed E-state index contributed by atoms with van der Waals surface area (Å²) < 4.78 is 41.1. The molecule has 0 aliphatic heterocycles. The van der Waals surface area contributed by atoms with Crippen molar-refractivity contribution in [3.8, 4) is 22.5 Å². The van der Waals surface area contributed by atoms with Crippen molar-refractivity contribution in [1.82, 2.24) is 29.4 Å². The third-order valence-electron chi connectivity index (χ3n) is 4.55. The first kappa shape index (κ1) is 19.8. The number of anilines is 1. The third kappa shape index (κ3) is 3.83. The molecule has 156 valence electrons. The zero-order valence-electron chi connectivity index (χ0n) is 16.1. The molecule has 4 aromatic rings. The van der Waals surface area contributed by atoms with E-state index in [0.717, 1.165) is 11.1 Å². The molecule has 4 rings (SSSR count). The molecular weight excluding hydrogens is 399 g/mol. The molecule has 0 saturated heterocycles. The lowest BCUT2D eigenvalue weighted by Crippen LogP contribution is -2.35. The molecule has 0 radical (unpaired) electrons. The molecule has 8 nitrogen and oxygen atoms in total. The fourth-order valence-electron chi connectivity index (χ4n) is 2.92. The topological polar surface area (TPSA) is 93.2 Å². The van der Waals surface area contributed by atoms with Crippen molar-refractivity contribution in [2.24, 2.45) is 7.05 Å². The highest BCUT2D eigenvalue weighted by molar-refractivity contribution is 5.77. The van der Waals surface area contributed by atoms with Gasteiger partial charge < -0.3 is 10.4 Å². The fourth-order valence-corrected chi connectivity index (χ4v) is 2.92. The highest BCUT2D eigenvalue weighted by Crippen LogP contribution is 2.28. The zero-order chi connectivity index (χ0) is 21.5. The van der Waals surface area contributed by atoms with E-state index in [-0.39, 0.29) is 5.95 Å². The van der Waals surface area contributed by atoms with E-state index in [1.165, 1.54) is 4.40 Å². The van der Waals surface area contributed by atoms with Crippen LogP contribution in [0.1, 0.15) is 5.56 Å². The van der Waals surface area contributed by atoms with Crippen LogP contribution in [0.4, 0.5) is 19.1 Å². The summed E-state index contributed by atoms with van der Waals surface area (Å²) in [5, 5.41) is 24.0. The van der Waals surface area contributed by atoms with Crippen molar-refractivity contribution in [3.63, 3.8) is 0 Å². The number of rotatable bonds is 5. The first-order chi connectivity index (χ1) is 14.2. The average molecular weight is 417 g/mol. The monoisotopic (exact) mass is 417 g/mol. The van der Waals surface area contributed by atoms with Crippen molar-refractivity contribution < 1.29 is 18.3 Å². The summed E-state index contributed by atoms with van der Waals surface area (Å²) in [7, 11) is 1.76. The summed E-state index contributed by atoms with van der Waals surface area (Å²) >= 11 is 0. The number of halogens is 3. The molecule has 11 heteroatoms. The largest absolute Gasteiger partial charge is 0.416 e. The van der Waals surface area contributed by atoms with Crippen molar-refractivity contribution in [2.45, 2.75) is 19.2 Å². The van der Waals surface area contributed by atoms with Crippen LogP contribution in [0.25, 0.3) is 28.2 Å². The van der Waals surface area contributed by atoms with Crippen LogP contribution in [0.3, 0.4) is 0 Å². The number of hydrogen-bond acceptors (Lipinski definition) is 6. The van der Waals surface area contributed by atoms with E-state index in [0.29, 0.717) is 22.6 Å². The van der Waals surface area contributed by atoms with Crippen LogP contribution in [-0.4, -0.2) is 53.3 Å². The quantitative estimate of drug-likeness (QED) is 0.519. The lowest BCUT2D eigenvalue weighted by molar-refractivity contribution is -0.198. The minimum Gasteiger partial charge on any atom is -0.382 e. The van der Waals surface area contributed by atoms with Crippen LogP contribution < -0.4 is 5.32 Å². The van der Waals surface area contributed by atoms with Gasteiger partial charge in [-0.25, -0.2) is 4.98 Å². The molecular formula is C19H18F3N7O. The molecule has 0 aliphatic rings. The van der Waals surface area contributed by atoms with Crippen LogP contribution >= 0.6 is 0 Å². The van der Waals surface area contributed by atoms with E-state index < -0.39 is 18.8 Å². The van der Waals surface area contributed by atoms with Crippen molar-refractivity contribution in [1.29, 1.82) is 0 Å². The lowest BCUT2D eigenvalue weighted by Gasteiger charge is -2.15. The Morgan fingerprint density at radius 3 is 2.47 bits per heavy atom. The van der Waals surface area contributed by atoms with Gasteiger partial charge in [0.1, 0.15) is 5.69 Å². The van der Waals surface area contributed by atoms with Crippen LogP contribution in [0.2, 0.25) is 0 Å². The molecule has 0 unspecified atom stereocenters. The number of nitrogens with zero attached hydrogens (tertiary/aromatic N) is 6. The molecule has 1 aromatic carbocycles. The minimum absolute atomic E-state index is 0.0641. The van der Waals surface area contributed by atoms with Crippen molar-refractivity contribution in [2.75, 3.05) is 11.9 Å². The number of aliphatic hydroxyl groups is 1. The molecule has 3 heterocycles. The van der Waals surface area contributed by atoms with Crippen LogP contribution in [0, 0.1) is 6.92 Å². The number of aromatic nitrogens is 6. The summed E-state index contributed by atoms with van der Waals surface area (Å²) in [5.74, 6) is 0.0641. The van der Waals surface area contributed by atoms with E-state index >= 15 is 0 Å². The number of aryl methyl sites for hydroxylation is 2. The van der Waals surface area contributed by atoms with Gasteiger partial charge in [-0.1, -0.05) is 29.8 Å². The van der Waals surface area contributed by atoms with Crippen molar-refractivity contribution in [3.05, 3.63) is 48.4 Å². The predicted molar refractivity (Wildman–Crippen MR) is 104 cm³/mol. The fraction of sp³-hybridized carbons (Fsp3) is 0.263. The Morgan fingerprint density at radius 2 is 1.83 bits per heavy atom. The van der Waals surface area contributed by atoms with Gasteiger partial charge in [0, 0.05) is 30.6 Å². The summed E-state index contributed by atoms with van der Waals surface area (Å²) in [5.41, 5.74) is 4.01. The first-order valence-corrected chi connectivity index (χ1v) is 9.03. The van der Waals surface area contributed by atoms with E-state index in [1.807, 2.05) is 31.2 Å². The number of nitrogens with one attached hydrogen (secondary N) is 1. The standard InChI is InChI=1S/C19H18F3N7O/c1-11-3-5-12(6-4-11)14-10-29-17(16(25-14)13-7-24-28(2)9-13)26-27-18(29)23-8-15(30)19(20,21)22/h3-7,9-10,15,30H,8H2,1-2H3,(H,23,27)/t15-/m0/s1. The number of alkyl halides is 3. The Kier molecular flexibility index (Phi) is 4.90. The molecule has 0 fully saturated rings. The average Bonchev–Trinajstić information content (AvgIpc) is 3.31. The predicted octanol–water partition coefficient (Wildman–Crippen LogP) is 2.84. The maximum absolute atomic E-state index is 12.6. The third-order valence-corrected chi connectivity index (χ3v) is 4.55. The highest BCUT2D eigenvalue weighted by Gasteiger charge is 2.38. The molecule has 0 bridgehead atoms. The first-order valence-electron chi connectivity index (χ1n) is 9.03. The number of benzene rings is 1. The number of hydrogen-bond donors (Lipinski definition) is 2. The second-order valence-corrected chi connectivity index (χ2v) is 6.90. The van der Waals surface area contributed by atoms with E-state index in [9.17, 15) is 18.3 Å². The summed E-state index contributed by atoms with van der Waals surface area (Å²) in [6.07, 6.45) is -2.24. The molecule has 3 aromatic heterocycles.